The van der Waals surface area contributed by atoms with Gasteiger partial charge in [-0.1, -0.05) is 71.3 Å². The molecule has 0 aliphatic heterocycles. The van der Waals surface area contributed by atoms with Gasteiger partial charge in [0, 0.05) is 0 Å². The first-order chi connectivity index (χ1) is 7.22. The van der Waals surface area contributed by atoms with Crippen LogP contribution in [0.3, 0.4) is 0 Å². The zero-order valence-corrected chi connectivity index (χ0v) is 11.0. The molecule has 0 saturated heterocycles. The molecule has 0 fully saturated rings. The Bertz CT molecular complexity index is 174. The third-order valence-electron chi connectivity index (χ3n) is 2.67. The van der Waals surface area contributed by atoms with Crippen LogP contribution in [0.2, 0.25) is 0 Å². The van der Waals surface area contributed by atoms with Crippen molar-refractivity contribution in [3.8, 4) is 0 Å². The van der Waals surface area contributed by atoms with Gasteiger partial charge in [-0.05, 0) is 24.7 Å². The van der Waals surface area contributed by atoms with Crippen LogP contribution < -0.4 is 0 Å². The first-order valence-corrected chi connectivity index (χ1v) is 6.55. The number of hydrogen-bond acceptors (Lipinski definition) is 0. The fourth-order valence-electron chi connectivity index (χ4n) is 1.50. The second-order valence-electron chi connectivity index (χ2n) is 4.61. The van der Waals surface area contributed by atoms with Crippen LogP contribution >= 0.6 is 0 Å². The van der Waals surface area contributed by atoms with Crippen LogP contribution in [0, 0.1) is 11.8 Å². The van der Waals surface area contributed by atoms with Gasteiger partial charge in [0.05, 0.1) is 0 Å². The molecule has 0 aromatic carbocycles. The molecule has 0 aromatic heterocycles. The summed E-state index contributed by atoms with van der Waals surface area (Å²) < 4.78 is 0. The molecule has 0 heteroatoms. The summed E-state index contributed by atoms with van der Waals surface area (Å²) in [5.74, 6) is 1.35. The molecule has 0 radical (unpaired) electrons. The molecule has 0 bridgehead atoms. The van der Waals surface area contributed by atoms with E-state index in [2.05, 4.69) is 52.0 Å². The molecule has 0 spiro atoms. The lowest BCUT2D eigenvalue weighted by Gasteiger charge is -2.11. The van der Waals surface area contributed by atoms with Crippen molar-refractivity contribution in [2.75, 3.05) is 0 Å². The van der Waals surface area contributed by atoms with Gasteiger partial charge >= 0.3 is 0 Å². The Morgan fingerprint density at radius 1 is 0.867 bits per heavy atom. The molecule has 0 saturated carbocycles. The topological polar surface area (TPSA) is 0 Å². The van der Waals surface area contributed by atoms with Crippen molar-refractivity contribution in [2.24, 2.45) is 11.8 Å². The highest BCUT2D eigenvalue weighted by atomic mass is 14.1. The Morgan fingerprint density at radius 2 is 1.47 bits per heavy atom. The molecule has 0 heterocycles. The van der Waals surface area contributed by atoms with E-state index in [1.165, 1.54) is 32.1 Å². The quantitative estimate of drug-likeness (QED) is 0.372. The van der Waals surface area contributed by atoms with Crippen molar-refractivity contribution in [1.82, 2.24) is 0 Å². The molecule has 0 aromatic rings. The molecule has 88 valence electrons. The molecule has 0 nitrogen and oxygen atoms in total. The van der Waals surface area contributed by atoms with Crippen LogP contribution in [0.1, 0.15) is 59.8 Å². The maximum Gasteiger partial charge on any atom is -0.00305 e. The Labute approximate surface area is 96.5 Å². The Balaban J connectivity index is 3.98. The summed E-state index contributed by atoms with van der Waals surface area (Å²) >= 11 is 0. The van der Waals surface area contributed by atoms with E-state index in [1.54, 1.807) is 0 Å². The van der Waals surface area contributed by atoms with Crippen LogP contribution in [0.4, 0.5) is 0 Å². The molecule has 0 N–H and O–H groups in total. The van der Waals surface area contributed by atoms with E-state index < -0.39 is 0 Å². The fraction of sp³-hybridized carbons (Fsp3) is 0.733. The first kappa shape index (κ1) is 14.5. The molecule has 1 unspecified atom stereocenters. The molecule has 0 rings (SSSR count). The van der Waals surface area contributed by atoms with Crippen LogP contribution in [0.5, 0.6) is 0 Å². The van der Waals surface area contributed by atoms with E-state index in [9.17, 15) is 0 Å². The van der Waals surface area contributed by atoms with Gasteiger partial charge in [0.1, 0.15) is 0 Å². The maximum absolute atomic E-state index is 2.38. The highest BCUT2D eigenvalue weighted by Gasteiger charge is 2.04. The number of unbranched alkanes of at least 4 members (excludes halogenated alkanes) is 3. The van der Waals surface area contributed by atoms with Crippen molar-refractivity contribution in [1.29, 1.82) is 0 Å². The van der Waals surface area contributed by atoms with Crippen molar-refractivity contribution >= 4 is 0 Å². The van der Waals surface area contributed by atoms with E-state index in [0.717, 1.165) is 5.92 Å². The van der Waals surface area contributed by atoms with Gasteiger partial charge in [0.15, 0.2) is 0 Å². The summed E-state index contributed by atoms with van der Waals surface area (Å²) in [6, 6.07) is 0. The number of hydrogen-bond donors (Lipinski definition) is 0. The van der Waals surface area contributed by atoms with Gasteiger partial charge in [-0.3, -0.25) is 0 Å². The lowest BCUT2D eigenvalue weighted by atomic mass is 9.94. The molecular formula is C15H28. The summed E-state index contributed by atoms with van der Waals surface area (Å²) in [4.78, 5) is 0. The monoisotopic (exact) mass is 208 g/mol. The zero-order chi connectivity index (χ0) is 11.5. The van der Waals surface area contributed by atoms with Gasteiger partial charge in [-0.15, -0.1) is 0 Å². The predicted molar refractivity (Wildman–Crippen MR) is 71.0 cm³/mol. The van der Waals surface area contributed by atoms with E-state index >= 15 is 0 Å². The smallest absolute Gasteiger partial charge is 0.00305 e. The summed E-state index contributed by atoms with van der Waals surface area (Å²) in [6.07, 6.45) is 15.7. The fourth-order valence-corrected chi connectivity index (χ4v) is 1.50. The van der Waals surface area contributed by atoms with Crippen molar-refractivity contribution in [3.63, 3.8) is 0 Å². The van der Waals surface area contributed by atoms with Crippen LogP contribution in [0.15, 0.2) is 24.3 Å². The minimum Gasteiger partial charge on any atom is -0.0879 e. The van der Waals surface area contributed by atoms with Gasteiger partial charge in [0.25, 0.3) is 0 Å². The van der Waals surface area contributed by atoms with Crippen LogP contribution in [-0.2, 0) is 0 Å². The molecule has 1 atom stereocenters. The standard InChI is InChI=1S/C15H28/c1-5-7-9-11-13-15(14(3)4)12-10-8-6-2/h10-15H,5-9H2,1-4H3. The van der Waals surface area contributed by atoms with Crippen LogP contribution in [-0.4, -0.2) is 0 Å². The molecular weight excluding hydrogens is 180 g/mol. The lowest BCUT2D eigenvalue weighted by Crippen LogP contribution is -2.01. The molecule has 0 amide bonds. The van der Waals surface area contributed by atoms with Gasteiger partial charge in [-0.2, -0.15) is 0 Å². The summed E-state index contributed by atoms with van der Waals surface area (Å²) in [5.41, 5.74) is 0. The van der Waals surface area contributed by atoms with Crippen LogP contribution in [0.25, 0.3) is 0 Å². The van der Waals surface area contributed by atoms with Gasteiger partial charge < -0.3 is 0 Å². The minimum absolute atomic E-state index is 0.633. The summed E-state index contributed by atoms with van der Waals surface area (Å²) in [6.45, 7) is 9.07. The maximum atomic E-state index is 2.38. The largest absolute Gasteiger partial charge is 0.0879 e. The number of rotatable bonds is 8. The second kappa shape index (κ2) is 10.0. The Hall–Kier alpha value is -0.520. The van der Waals surface area contributed by atoms with Gasteiger partial charge in [-0.25, -0.2) is 0 Å². The minimum atomic E-state index is 0.633. The Morgan fingerprint density at radius 3 is 1.93 bits per heavy atom. The third kappa shape index (κ3) is 8.47. The van der Waals surface area contributed by atoms with Crippen molar-refractivity contribution < 1.29 is 0 Å². The molecule has 0 aliphatic carbocycles. The predicted octanol–water partition coefficient (Wildman–Crippen LogP) is 5.36. The highest BCUT2D eigenvalue weighted by molar-refractivity contribution is 5.01. The van der Waals surface area contributed by atoms with E-state index in [0.29, 0.717) is 5.92 Å². The third-order valence-corrected chi connectivity index (χ3v) is 2.67. The molecule has 15 heavy (non-hydrogen) atoms. The normalized spacial score (nSPS) is 14.5. The SMILES string of the molecule is CCCC=CC(C=CCCCC)C(C)C. The van der Waals surface area contributed by atoms with Gasteiger partial charge in [0.2, 0.25) is 0 Å². The van der Waals surface area contributed by atoms with E-state index in [4.69, 9.17) is 0 Å². The van der Waals surface area contributed by atoms with E-state index in [1.807, 2.05) is 0 Å². The van der Waals surface area contributed by atoms with E-state index in [-0.39, 0.29) is 0 Å². The summed E-state index contributed by atoms with van der Waals surface area (Å²) in [7, 11) is 0. The van der Waals surface area contributed by atoms with Crippen molar-refractivity contribution in [3.05, 3.63) is 24.3 Å². The van der Waals surface area contributed by atoms with Crippen molar-refractivity contribution in [2.45, 2.75) is 59.8 Å². The second-order valence-corrected chi connectivity index (χ2v) is 4.61. The average Bonchev–Trinajstić information content (AvgIpc) is 2.21. The highest BCUT2D eigenvalue weighted by Crippen LogP contribution is 2.15. The Kier molecular flexibility index (Phi) is 9.67. The number of allylic oxidation sites excluding steroid dienone is 4. The molecule has 0 aliphatic rings. The summed E-state index contributed by atoms with van der Waals surface area (Å²) in [5, 5.41) is 0. The zero-order valence-electron chi connectivity index (χ0n) is 11.0. The lowest BCUT2D eigenvalue weighted by molar-refractivity contribution is 0.547. The first-order valence-electron chi connectivity index (χ1n) is 6.55. The average molecular weight is 208 g/mol.